The topological polar surface area (TPSA) is 137 Å². The number of ether oxygens (including phenoxy) is 3. The monoisotopic (exact) mass is 1210 g/mol. The fraction of sp³-hybridized carbons (Fsp3) is 0.222. The van der Waals surface area contributed by atoms with Crippen LogP contribution in [0.15, 0.2) is 91.0 Å². The van der Waals surface area contributed by atoms with Crippen molar-refractivity contribution < 1.29 is 43.3 Å². The Morgan fingerprint density at radius 1 is 0.694 bits per heavy atom. The van der Waals surface area contributed by atoms with Gasteiger partial charge in [0.2, 0.25) is 0 Å². The van der Waals surface area contributed by atoms with Crippen LogP contribution in [-0.2, 0) is 32.5 Å². The summed E-state index contributed by atoms with van der Waals surface area (Å²) in [5.41, 5.74) is 7.72. The molecule has 2 aliphatic rings. The third-order valence-electron chi connectivity index (χ3n) is 9.59. The lowest BCUT2D eigenvalue weighted by molar-refractivity contribution is 0.0591. The summed E-state index contributed by atoms with van der Waals surface area (Å²) in [6, 6.07) is 26.7. The van der Waals surface area contributed by atoms with Crippen LogP contribution in [0.5, 0.6) is 0 Å². The number of methoxy groups -OCH3 is 3. The van der Waals surface area contributed by atoms with Crippen molar-refractivity contribution in [2.24, 2.45) is 0 Å². The minimum atomic E-state index is -0.979. The van der Waals surface area contributed by atoms with Crippen molar-refractivity contribution >= 4 is 129 Å². The molecule has 328 valence electrons. The maximum absolute atomic E-state index is 12.8. The van der Waals surface area contributed by atoms with Gasteiger partial charge in [-0.3, -0.25) is 4.79 Å². The van der Waals surface area contributed by atoms with Crippen molar-refractivity contribution in [1.82, 2.24) is 4.90 Å². The number of carboxylic acid groups (broad SMARTS) is 1. The molecule has 1 atom stereocenters. The van der Waals surface area contributed by atoms with Gasteiger partial charge in [0.15, 0.2) is 0 Å². The first-order chi connectivity index (χ1) is 29.6. The Morgan fingerprint density at radius 2 is 1.19 bits per heavy atom. The molecule has 7 rings (SSSR count). The predicted molar refractivity (Wildman–Crippen MR) is 264 cm³/mol. The predicted octanol–water partition coefficient (Wildman–Crippen LogP) is 13.3. The number of amides is 1. The number of aryl methyl sites for hydroxylation is 3. The molecule has 0 saturated carbocycles. The number of esters is 3. The molecule has 1 aliphatic heterocycles. The van der Waals surface area contributed by atoms with E-state index < -0.39 is 17.9 Å². The summed E-state index contributed by atoms with van der Waals surface area (Å²) >= 11 is 31.0. The molecule has 17 heteroatoms. The van der Waals surface area contributed by atoms with Gasteiger partial charge in [0, 0.05) is 49.1 Å². The Hall–Kier alpha value is -3.45. The number of hydrogen-bond acceptors (Lipinski definition) is 8. The van der Waals surface area contributed by atoms with Crippen LogP contribution in [0.25, 0.3) is 0 Å². The Labute approximate surface area is 411 Å². The molecule has 10 nitrogen and oxygen atoms in total. The molecule has 5 aromatic rings. The van der Waals surface area contributed by atoms with Gasteiger partial charge < -0.3 is 24.2 Å². The molecule has 0 saturated heterocycles. The Kier molecular flexibility index (Phi) is 22.0. The molecule has 1 aliphatic carbocycles. The lowest BCUT2D eigenvalue weighted by Gasteiger charge is -2.25. The number of hydrogen-bond donors (Lipinski definition) is 1. The zero-order chi connectivity index (χ0) is 46.3. The number of benzene rings is 5. The summed E-state index contributed by atoms with van der Waals surface area (Å²) in [6.07, 6.45) is 1.76. The van der Waals surface area contributed by atoms with Gasteiger partial charge in [-0.1, -0.05) is 117 Å². The Balaban J connectivity index is 0.000000232. The first kappa shape index (κ1) is 52.9. The molecule has 0 bridgehead atoms. The minimum absolute atomic E-state index is 0.0272. The van der Waals surface area contributed by atoms with E-state index in [4.69, 9.17) is 56.2 Å². The summed E-state index contributed by atoms with van der Waals surface area (Å²) in [5.74, 6) is -2.16. The molecule has 0 spiro atoms. The van der Waals surface area contributed by atoms with E-state index in [1.54, 1.807) is 61.5 Å². The summed E-state index contributed by atoms with van der Waals surface area (Å²) in [7, 11) is 4.05. The summed E-state index contributed by atoms with van der Waals surface area (Å²) < 4.78 is 14.0. The normalized spacial score (nSPS) is 12.9. The van der Waals surface area contributed by atoms with Crippen molar-refractivity contribution in [2.75, 3.05) is 21.3 Å². The van der Waals surface area contributed by atoms with Crippen LogP contribution in [0.1, 0.15) is 97.6 Å². The van der Waals surface area contributed by atoms with Crippen molar-refractivity contribution in [2.45, 2.75) is 44.6 Å². The van der Waals surface area contributed by atoms with E-state index in [1.165, 1.54) is 26.9 Å². The lowest BCUT2D eigenvalue weighted by Crippen LogP contribution is -2.28. The standard InChI is InChI=1S/C19H16ClNO3.C9H8BrClO2.C9H9ClO2.C8H7ClO2.I2/c1-24-19(23)12-6-5-11-7-8-16(14(11)9-12)21-10-13-3-2-4-15(20)17(13)18(21)22;1-13-9(12)8-6(5-10)3-2-4-7(8)11;1-6-4-3-5-7(10)8(6)9(11)12-2;1-5-3-2-4-6(9)7(5)8(10)11;1-2/h2-6,9,16H,7-8,10H2,1H3;2-4H,5H2,1H3;3-5H,1-2H3;2-4H,1H3,(H,10,11);. The SMILES string of the molecule is COC(=O)c1c(C)cccc1Cl.COC(=O)c1c(Cl)cccc1CBr.COC(=O)c1ccc2c(c1)C(N1Cc3cccc(Cl)c3C1=O)CC2.Cc1cccc(Cl)c1C(=O)O.II. The second-order valence-electron chi connectivity index (χ2n) is 13.2. The summed E-state index contributed by atoms with van der Waals surface area (Å²) in [5, 5.41) is 10.9. The number of aromatic carboxylic acids is 1. The van der Waals surface area contributed by atoms with Crippen molar-refractivity contribution in [1.29, 1.82) is 0 Å². The second kappa shape index (κ2) is 25.7. The molecule has 0 aromatic heterocycles. The number of rotatable bonds is 6. The number of alkyl halides is 1. The van der Waals surface area contributed by atoms with E-state index in [-0.39, 0.29) is 28.5 Å². The van der Waals surface area contributed by atoms with E-state index in [1.807, 2.05) is 48.2 Å². The van der Waals surface area contributed by atoms with E-state index in [2.05, 4.69) is 62.6 Å². The van der Waals surface area contributed by atoms with Crippen molar-refractivity contribution in [3.63, 3.8) is 0 Å². The highest BCUT2D eigenvalue weighted by Crippen LogP contribution is 2.42. The Bertz CT molecular complexity index is 2400. The fourth-order valence-corrected chi connectivity index (χ4v) is 8.26. The van der Waals surface area contributed by atoms with Gasteiger partial charge in [0.25, 0.3) is 5.91 Å². The average molecular weight is 1210 g/mol. The maximum Gasteiger partial charge on any atom is 0.339 e. The minimum Gasteiger partial charge on any atom is -0.478 e. The zero-order valence-electron chi connectivity index (χ0n) is 33.9. The highest BCUT2D eigenvalue weighted by atomic mass is 128. The first-order valence-corrected chi connectivity index (χ1v) is 27.2. The van der Waals surface area contributed by atoms with Crippen LogP contribution in [0, 0.1) is 13.8 Å². The molecule has 62 heavy (non-hydrogen) atoms. The molecule has 0 radical (unpaired) electrons. The third kappa shape index (κ3) is 13.3. The highest BCUT2D eigenvalue weighted by Gasteiger charge is 2.38. The number of halogens is 7. The van der Waals surface area contributed by atoms with Gasteiger partial charge in [0.05, 0.1) is 75.3 Å². The van der Waals surface area contributed by atoms with Crippen LogP contribution in [0.2, 0.25) is 20.1 Å². The van der Waals surface area contributed by atoms with E-state index in [9.17, 15) is 24.0 Å². The Morgan fingerprint density at radius 3 is 1.69 bits per heavy atom. The largest absolute Gasteiger partial charge is 0.478 e. The smallest absolute Gasteiger partial charge is 0.339 e. The zero-order valence-corrected chi connectivity index (χ0v) is 42.8. The summed E-state index contributed by atoms with van der Waals surface area (Å²) in [4.78, 5) is 59.5. The maximum atomic E-state index is 12.8. The molecular formula is C45H40BrCl4I2NO9. The van der Waals surface area contributed by atoms with Crippen LogP contribution in [-0.4, -0.2) is 61.1 Å². The number of carbonyl (C=O) groups is 5. The molecule has 1 heterocycles. The average Bonchev–Trinajstić information content (AvgIpc) is 3.84. The summed E-state index contributed by atoms with van der Waals surface area (Å²) in [6.45, 7) is 4.09. The van der Waals surface area contributed by atoms with Gasteiger partial charge >= 0.3 is 23.9 Å². The molecular weight excluding hydrogens is 1170 g/mol. The number of carbonyl (C=O) groups excluding carboxylic acids is 4. The number of fused-ring (bicyclic) bond motifs is 2. The van der Waals surface area contributed by atoms with Crippen molar-refractivity contribution in [3.05, 3.63) is 172 Å². The molecule has 0 fully saturated rings. The fourth-order valence-electron chi connectivity index (χ4n) is 6.65. The van der Waals surface area contributed by atoms with E-state index in [0.29, 0.717) is 54.8 Å². The van der Waals surface area contributed by atoms with Crippen LogP contribution < -0.4 is 0 Å². The molecule has 1 N–H and O–H groups in total. The van der Waals surface area contributed by atoms with Crippen LogP contribution >= 0.6 is 99.6 Å². The van der Waals surface area contributed by atoms with E-state index in [0.717, 1.165) is 35.1 Å². The number of carboxylic acids is 1. The lowest BCUT2D eigenvalue weighted by atomic mass is 10.0. The molecule has 5 aromatic carbocycles. The van der Waals surface area contributed by atoms with Gasteiger partial charge in [-0.15, -0.1) is 0 Å². The van der Waals surface area contributed by atoms with Crippen LogP contribution in [0.3, 0.4) is 0 Å². The third-order valence-corrected chi connectivity index (χ3v) is 11.4. The van der Waals surface area contributed by atoms with Gasteiger partial charge in [-0.25, -0.2) is 19.2 Å². The second-order valence-corrected chi connectivity index (χ2v) is 15.4. The van der Waals surface area contributed by atoms with Crippen molar-refractivity contribution in [3.8, 4) is 0 Å². The molecule has 1 amide bonds. The van der Waals surface area contributed by atoms with Gasteiger partial charge in [0.1, 0.15) is 0 Å². The first-order valence-electron chi connectivity index (χ1n) is 18.3. The quantitative estimate of drug-likeness (QED) is 0.0762. The van der Waals surface area contributed by atoms with Gasteiger partial charge in [-0.2, -0.15) is 0 Å². The molecule has 1 unspecified atom stereocenters. The highest BCUT2D eigenvalue weighted by molar-refractivity contribution is 15.0. The van der Waals surface area contributed by atoms with E-state index >= 15 is 0 Å². The van der Waals surface area contributed by atoms with Gasteiger partial charge in [-0.05, 0) is 96.5 Å². The van der Waals surface area contributed by atoms with Crippen LogP contribution in [0.4, 0.5) is 0 Å². The number of nitrogens with zero attached hydrogens (tertiary/aromatic N) is 1.